The van der Waals surface area contributed by atoms with Crippen molar-refractivity contribution in [2.24, 2.45) is 0 Å². The fourth-order valence-corrected chi connectivity index (χ4v) is 2.47. The number of carboxylic acids is 1. The van der Waals surface area contributed by atoms with Gasteiger partial charge in [0.1, 0.15) is 13.2 Å². The molecular weight excluding hydrogens is 256 g/mol. The fraction of sp³-hybridized carbons (Fsp3) is 0.462. The predicted molar refractivity (Wildman–Crippen MR) is 67.9 cm³/mol. The van der Waals surface area contributed by atoms with Crippen LogP contribution in [0.15, 0.2) is 6.07 Å². The SMILES string of the molecule is CCc1c(C(C)C(=O)O)cc2c(c1Cl)OCCO2. The molecular formula is C13H15ClO4. The van der Waals surface area contributed by atoms with Crippen LogP contribution in [0.3, 0.4) is 0 Å². The van der Waals surface area contributed by atoms with E-state index in [0.29, 0.717) is 41.7 Å². The van der Waals surface area contributed by atoms with Crippen molar-refractivity contribution in [3.63, 3.8) is 0 Å². The minimum Gasteiger partial charge on any atom is -0.486 e. The number of carboxylic acid groups (broad SMARTS) is 1. The summed E-state index contributed by atoms with van der Waals surface area (Å²) < 4.78 is 11.0. The first-order chi connectivity index (χ1) is 8.56. The molecule has 4 nitrogen and oxygen atoms in total. The average Bonchev–Trinajstić information content (AvgIpc) is 2.37. The summed E-state index contributed by atoms with van der Waals surface area (Å²) in [5.41, 5.74) is 1.51. The number of fused-ring (bicyclic) bond motifs is 1. The lowest BCUT2D eigenvalue weighted by Gasteiger charge is -2.24. The maximum Gasteiger partial charge on any atom is 0.310 e. The first kappa shape index (κ1) is 13.0. The van der Waals surface area contributed by atoms with Gasteiger partial charge < -0.3 is 14.6 Å². The zero-order valence-corrected chi connectivity index (χ0v) is 11.1. The number of aliphatic carboxylic acids is 1. The van der Waals surface area contributed by atoms with Crippen LogP contribution in [0.4, 0.5) is 0 Å². The highest BCUT2D eigenvalue weighted by Crippen LogP contribution is 2.43. The van der Waals surface area contributed by atoms with E-state index < -0.39 is 11.9 Å². The van der Waals surface area contributed by atoms with Gasteiger partial charge in [-0.1, -0.05) is 18.5 Å². The number of hydrogen-bond acceptors (Lipinski definition) is 3. The molecule has 1 aliphatic heterocycles. The average molecular weight is 271 g/mol. The molecule has 1 N–H and O–H groups in total. The van der Waals surface area contributed by atoms with E-state index in [1.165, 1.54) is 0 Å². The Kier molecular flexibility index (Phi) is 3.66. The van der Waals surface area contributed by atoms with Gasteiger partial charge in [-0.05, 0) is 30.5 Å². The zero-order valence-electron chi connectivity index (χ0n) is 10.3. The standard InChI is InChI=1S/C13H15ClO4/c1-3-8-9(7(2)13(15)16)6-10-12(11(8)14)18-5-4-17-10/h6-7H,3-5H2,1-2H3,(H,15,16). The number of benzene rings is 1. The molecule has 0 saturated carbocycles. The maximum absolute atomic E-state index is 11.1. The first-order valence-corrected chi connectivity index (χ1v) is 6.27. The van der Waals surface area contributed by atoms with Crippen LogP contribution in [-0.4, -0.2) is 24.3 Å². The van der Waals surface area contributed by atoms with Crippen molar-refractivity contribution < 1.29 is 19.4 Å². The molecule has 1 atom stereocenters. The molecule has 1 aromatic carbocycles. The van der Waals surface area contributed by atoms with Gasteiger partial charge in [0.05, 0.1) is 10.9 Å². The quantitative estimate of drug-likeness (QED) is 0.918. The van der Waals surface area contributed by atoms with Crippen LogP contribution in [0, 0.1) is 0 Å². The van der Waals surface area contributed by atoms with E-state index in [2.05, 4.69) is 0 Å². The van der Waals surface area contributed by atoms with Gasteiger partial charge in [-0.15, -0.1) is 0 Å². The second-order valence-electron chi connectivity index (χ2n) is 4.20. The van der Waals surface area contributed by atoms with Crippen molar-refractivity contribution in [2.75, 3.05) is 13.2 Å². The highest BCUT2D eigenvalue weighted by atomic mass is 35.5. The lowest BCUT2D eigenvalue weighted by molar-refractivity contribution is -0.138. The van der Waals surface area contributed by atoms with Crippen LogP contribution in [0.25, 0.3) is 0 Å². The summed E-state index contributed by atoms with van der Waals surface area (Å²) in [6, 6.07) is 1.73. The van der Waals surface area contributed by atoms with E-state index in [-0.39, 0.29) is 0 Å². The second-order valence-corrected chi connectivity index (χ2v) is 4.57. The third kappa shape index (κ3) is 2.12. The molecule has 1 unspecified atom stereocenters. The van der Waals surface area contributed by atoms with Crippen molar-refractivity contribution in [3.05, 3.63) is 22.2 Å². The Balaban J connectivity index is 2.58. The Labute approximate surface area is 110 Å². The van der Waals surface area contributed by atoms with Gasteiger partial charge >= 0.3 is 5.97 Å². The summed E-state index contributed by atoms with van der Waals surface area (Å²) >= 11 is 6.28. The molecule has 1 aliphatic rings. The van der Waals surface area contributed by atoms with Gasteiger partial charge in [0.25, 0.3) is 0 Å². The third-order valence-corrected chi connectivity index (χ3v) is 3.50. The van der Waals surface area contributed by atoms with E-state index in [0.717, 1.165) is 5.56 Å². The second kappa shape index (κ2) is 5.06. The Bertz CT molecular complexity index is 484. The lowest BCUT2D eigenvalue weighted by Crippen LogP contribution is -2.18. The molecule has 0 fully saturated rings. The van der Waals surface area contributed by atoms with E-state index in [1.807, 2.05) is 6.92 Å². The van der Waals surface area contributed by atoms with Crippen LogP contribution >= 0.6 is 11.6 Å². The van der Waals surface area contributed by atoms with Crippen LogP contribution in [0.1, 0.15) is 30.9 Å². The summed E-state index contributed by atoms with van der Waals surface area (Å²) in [4.78, 5) is 11.1. The van der Waals surface area contributed by atoms with Gasteiger partial charge in [0, 0.05) is 0 Å². The Morgan fingerprint density at radius 3 is 2.78 bits per heavy atom. The minimum absolute atomic E-state index is 0.454. The van der Waals surface area contributed by atoms with Crippen LogP contribution in [-0.2, 0) is 11.2 Å². The van der Waals surface area contributed by atoms with E-state index in [1.54, 1.807) is 13.0 Å². The maximum atomic E-state index is 11.1. The highest BCUT2D eigenvalue weighted by molar-refractivity contribution is 6.33. The largest absolute Gasteiger partial charge is 0.486 e. The van der Waals surface area contributed by atoms with Gasteiger partial charge in [0.15, 0.2) is 11.5 Å². The molecule has 1 aromatic rings. The zero-order chi connectivity index (χ0) is 13.3. The number of hydrogen-bond donors (Lipinski definition) is 1. The lowest BCUT2D eigenvalue weighted by atomic mass is 9.93. The molecule has 0 bridgehead atoms. The number of carbonyl (C=O) groups is 1. The topological polar surface area (TPSA) is 55.8 Å². The van der Waals surface area contributed by atoms with Crippen LogP contribution in [0.2, 0.25) is 5.02 Å². The van der Waals surface area contributed by atoms with Crippen molar-refractivity contribution >= 4 is 17.6 Å². The molecule has 0 aromatic heterocycles. The van der Waals surface area contributed by atoms with E-state index >= 15 is 0 Å². The summed E-state index contributed by atoms with van der Waals surface area (Å²) in [6.07, 6.45) is 0.655. The molecule has 0 radical (unpaired) electrons. The van der Waals surface area contributed by atoms with E-state index in [9.17, 15) is 4.79 Å². The molecule has 98 valence electrons. The predicted octanol–water partition coefficient (Wildman–Crippen LogP) is 2.86. The number of rotatable bonds is 3. The summed E-state index contributed by atoms with van der Waals surface area (Å²) in [6.45, 7) is 4.50. The van der Waals surface area contributed by atoms with Gasteiger partial charge in [-0.2, -0.15) is 0 Å². The van der Waals surface area contributed by atoms with Crippen molar-refractivity contribution in [1.29, 1.82) is 0 Å². The molecule has 0 aliphatic carbocycles. The number of ether oxygens (including phenoxy) is 2. The summed E-state index contributed by atoms with van der Waals surface area (Å²) in [5.74, 6) is -0.432. The Morgan fingerprint density at radius 2 is 2.17 bits per heavy atom. The highest BCUT2D eigenvalue weighted by Gasteiger charge is 2.25. The van der Waals surface area contributed by atoms with Crippen LogP contribution in [0.5, 0.6) is 11.5 Å². The van der Waals surface area contributed by atoms with Crippen molar-refractivity contribution in [1.82, 2.24) is 0 Å². The summed E-state index contributed by atoms with van der Waals surface area (Å²) in [5, 5.41) is 9.61. The molecule has 0 spiro atoms. The first-order valence-electron chi connectivity index (χ1n) is 5.90. The molecule has 18 heavy (non-hydrogen) atoms. The Hall–Kier alpha value is -1.42. The molecule has 1 heterocycles. The Morgan fingerprint density at radius 1 is 1.50 bits per heavy atom. The smallest absolute Gasteiger partial charge is 0.310 e. The number of halogens is 1. The van der Waals surface area contributed by atoms with Gasteiger partial charge in [0.2, 0.25) is 0 Å². The molecule has 5 heteroatoms. The van der Waals surface area contributed by atoms with Crippen molar-refractivity contribution in [3.8, 4) is 11.5 Å². The van der Waals surface area contributed by atoms with Crippen molar-refractivity contribution in [2.45, 2.75) is 26.2 Å². The van der Waals surface area contributed by atoms with Crippen LogP contribution < -0.4 is 9.47 Å². The molecule has 0 amide bonds. The summed E-state index contributed by atoms with van der Waals surface area (Å²) in [7, 11) is 0. The third-order valence-electron chi connectivity index (χ3n) is 3.10. The van der Waals surface area contributed by atoms with E-state index in [4.69, 9.17) is 26.2 Å². The molecule has 0 saturated heterocycles. The minimum atomic E-state index is -0.877. The normalized spacial score (nSPS) is 15.3. The molecule has 2 rings (SSSR count). The monoisotopic (exact) mass is 270 g/mol. The van der Waals surface area contributed by atoms with Gasteiger partial charge in [-0.25, -0.2) is 0 Å². The van der Waals surface area contributed by atoms with Gasteiger partial charge in [-0.3, -0.25) is 4.79 Å². The fourth-order valence-electron chi connectivity index (χ4n) is 2.08.